The molecule has 0 bridgehead atoms. The summed E-state index contributed by atoms with van der Waals surface area (Å²) in [5.41, 5.74) is 2.06. The van der Waals surface area contributed by atoms with Crippen LogP contribution in [0.3, 0.4) is 0 Å². The van der Waals surface area contributed by atoms with Crippen molar-refractivity contribution in [3.8, 4) is 0 Å². The van der Waals surface area contributed by atoms with E-state index in [0.717, 1.165) is 42.9 Å². The summed E-state index contributed by atoms with van der Waals surface area (Å²) in [4.78, 5) is 14.4. The van der Waals surface area contributed by atoms with Crippen LogP contribution in [0.5, 0.6) is 0 Å². The summed E-state index contributed by atoms with van der Waals surface area (Å²) in [5.74, 6) is 0.993. The molecular weight excluding hydrogens is 340 g/mol. The van der Waals surface area contributed by atoms with Crippen LogP contribution in [0.4, 0.5) is 10.6 Å². The molecule has 2 aromatic rings. The van der Waals surface area contributed by atoms with Gasteiger partial charge in [0, 0.05) is 25.7 Å². The molecule has 0 unspecified atom stereocenters. The van der Waals surface area contributed by atoms with Crippen molar-refractivity contribution < 1.29 is 9.90 Å². The number of carbonyl (C=O) groups excluding carboxylic acids is 1. The molecule has 2 N–H and O–H groups in total. The Labute approximate surface area is 161 Å². The number of likely N-dealkylation sites (tertiary alicyclic amines) is 1. The van der Waals surface area contributed by atoms with Crippen molar-refractivity contribution >= 4 is 11.8 Å². The van der Waals surface area contributed by atoms with Gasteiger partial charge in [0.05, 0.1) is 11.8 Å². The van der Waals surface area contributed by atoms with E-state index in [0.29, 0.717) is 19.5 Å². The molecular formula is C21H30N4O2. The molecule has 1 aromatic heterocycles. The minimum Gasteiger partial charge on any atom is -0.392 e. The molecule has 1 aromatic carbocycles. The fraction of sp³-hybridized carbons (Fsp3) is 0.524. The van der Waals surface area contributed by atoms with E-state index in [1.165, 1.54) is 0 Å². The second-order valence-electron chi connectivity index (χ2n) is 7.41. The van der Waals surface area contributed by atoms with Crippen molar-refractivity contribution in [3.05, 3.63) is 47.7 Å². The first kappa shape index (κ1) is 19.4. The summed E-state index contributed by atoms with van der Waals surface area (Å²) in [7, 11) is 0. The van der Waals surface area contributed by atoms with Crippen molar-refractivity contribution in [2.75, 3.05) is 18.4 Å². The van der Waals surface area contributed by atoms with Crippen molar-refractivity contribution in [1.29, 1.82) is 0 Å². The Balaban J connectivity index is 1.50. The average molecular weight is 370 g/mol. The van der Waals surface area contributed by atoms with Gasteiger partial charge in [-0.3, -0.25) is 5.32 Å². The van der Waals surface area contributed by atoms with Gasteiger partial charge in [0.1, 0.15) is 5.82 Å². The maximum absolute atomic E-state index is 12.6. The van der Waals surface area contributed by atoms with Gasteiger partial charge in [-0.15, -0.1) is 0 Å². The summed E-state index contributed by atoms with van der Waals surface area (Å²) < 4.78 is 1.85. The number of urea groups is 1. The van der Waals surface area contributed by atoms with Crippen LogP contribution in [0.25, 0.3) is 0 Å². The lowest BCUT2D eigenvalue weighted by Gasteiger charge is -2.34. The molecule has 1 aliphatic rings. The second kappa shape index (κ2) is 9.04. The van der Waals surface area contributed by atoms with Gasteiger partial charge < -0.3 is 10.0 Å². The summed E-state index contributed by atoms with van der Waals surface area (Å²) in [5, 5.41) is 18.0. The smallest absolute Gasteiger partial charge is 0.322 e. The maximum Gasteiger partial charge on any atom is 0.322 e. The molecule has 1 aliphatic heterocycles. The first-order valence-corrected chi connectivity index (χ1v) is 9.89. The Morgan fingerprint density at radius 2 is 2.00 bits per heavy atom. The number of hydrogen-bond donors (Lipinski definition) is 2. The van der Waals surface area contributed by atoms with Gasteiger partial charge in [0.2, 0.25) is 0 Å². The Kier molecular flexibility index (Phi) is 6.50. The Bertz CT molecular complexity index is 736. The maximum atomic E-state index is 12.6. The van der Waals surface area contributed by atoms with Crippen LogP contribution in [0, 0.1) is 12.8 Å². The molecule has 1 atom stereocenters. The number of nitrogens with one attached hydrogen (secondary N) is 1. The summed E-state index contributed by atoms with van der Waals surface area (Å²) in [6.07, 6.45) is 2.94. The largest absolute Gasteiger partial charge is 0.392 e. The Hall–Kier alpha value is -2.34. The number of amides is 2. The highest BCUT2D eigenvalue weighted by atomic mass is 16.3. The zero-order valence-corrected chi connectivity index (χ0v) is 16.3. The van der Waals surface area contributed by atoms with Crippen LogP contribution in [-0.4, -0.2) is 45.0 Å². The lowest BCUT2D eigenvalue weighted by atomic mass is 9.88. The predicted molar refractivity (Wildman–Crippen MR) is 107 cm³/mol. The van der Waals surface area contributed by atoms with E-state index < -0.39 is 0 Å². The summed E-state index contributed by atoms with van der Waals surface area (Å²) in [6, 6.07) is 11.9. The number of piperidine rings is 1. The number of rotatable bonds is 6. The number of aryl methyl sites for hydroxylation is 2. The molecule has 0 aliphatic carbocycles. The third kappa shape index (κ3) is 5.10. The van der Waals surface area contributed by atoms with Crippen LogP contribution in [-0.2, 0) is 13.0 Å². The highest BCUT2D eigenvalue weighted by molar-refractivity contribution is 5.88. The first-order valence-electron chi connectivity index (χ1n) is 9.89. The Morgan fingerprint density at radius 1 is 1.30 bits per heavy atom. The van der Waals surface area contributed by atoms with Gasteiger partial charge in [-0.25, -0.2) is 9.48 Å². The third-order valence-corrected chi connectivity index (χ3v) is 5.23. The molecule has 0 spiro atoms. The van der Waals surface area contributed by atoms with Gasteiger partial charge in [0.15, 0.2) is 0 Å². The molecule has 0 saturated carbocycles. The van der Waals surface area contributed by atoms with Crippen molar-refractivity contribution in [1.82, 2.24) is 14.7 Å². The third-order valence-electron chi connectivity index (χ3n) is 5.23. The zero-order chi connectivity index (χ0) is 19.2. The molecule has 6 nitrogen and oxygen atoms in total. The van der Waals surface area contributed by atoms with E-state index in [1.54, 1.807) is 0 Å². The number of carbonyl (C=O) groups is 1. The highest BCUT2D eigenvalue weighted by Gasteiger charge is 2.28. The van der Waals surface area contributed by atoms with Gasteiger partial charge in [0.25, 0.3) is 0 Å². The Morgan fingerprint density at radius 3 is 2.67 bits per heavy atom. The molecule has 0 radical (unpaired) electrons. The van der Waals surface area contributed by atoms with E-state index >= 15 is 0 Å². The molecule has 2 amide bonds. The van der Waals surface area contributed by atoms with E-state index in [9.17, 15) is 9.90 Å². The van der Waals surface area contributed by atoms with Gasteiger partial charge in [-0.1, -0.05) is 37.3 Å². The van der Waals surface area contributed by atoms with Gasteiger partial charge in [-0.2, -0.15) is 5.10 Å². The molecule has 146 valence electrons. The number of aliphatic hydroxyl groups is 1. The number of benzene rings is 1. The monoisotopic (exact) mass is 370 g/mol. The molecule has 27 heavy (non-hydrogen) atoms. The average Bonchev–Trinajstić information content (AvgIpc) is 3.02. The predicted octanol–water partition coefficient (Wildman–Crippen LogP) is 3.45. The topological polar surface area (TPSA) is 70.4 Å². The molecule has 2 heterocycles. The number of nitrogens with zero attached hydrogens (tertiary/aromatic N) is 3. The van der Waals surface area contributed by atoms with Crippen LogP contribution in [0.1, 0.15) is 37.4 Å². The minimum absolute atomic E-state index is 0.0803. The number of aromatic nitrogens is 2. The number of aliphatic hydroxyl groups excluding tert-OH is 1. The summed E-state index contributed by atoms with van der Waals surface area (Å²) in [6.45, 7) is 6.15. The fourth-order valence-electron chi connectivity index (χ4n) is 3.73. The quantitative estimate of drug-likeness (QED) is 0.818. The van der Waals surface area contributed by atoms with Gasteiger partial charge >= 0.3 is 6.03 Å². The van der Waals surface area contributed by atoms with Crippen LogP contribution in [0.15, 0.2) is 36.4 Å². The van der Waals surface area contributed by atoms with Gasteiger partial charge in [-0.05, 0) is 44.1 Å². The molecule has 3 rings (SSSR count). The molecule has 1 saturated heterocycles. The second-order valence-corrected chi connectivity index (χ2v) is 7.41. The SMILES string of the molecule is CCCn1nc(C)cc1NC(=O)N1CCC([C@H](O)Cc2ccccc2)CC1. The van der Waals surface area contributed by atoms with Crippen LogP contribution >= 0.6 is 0 Å². The molecule has 1 fully saturated rings. The number of hydrogen-bond acceptors (Lipinski definition) is 3. The van der Waals surface area contributed by atoms with Crippen molar-refractivity contribution in [2.45, 2.75) is 52.2 Å². The lowest BCUT2D eigenvalue weighted by molar-refractivity contribution is 0.0689. The van der Waals surface area contributed by atoms with E-state index in [2.05, 4.69) is 17.3 Å². The van der Waals surface area contributed by atoms with Crippen molar-refractivity contribution in [2.24, 2.45) is 5.92 Å². The number of anilines is 1. The zero-order valence-electron chi connectivity index (χ0n) is 16.3. The summed E-state index contributed by atoms with van der Waals surface area (Å²) >= 11 is 0. The van der Waals surface area contributed by atoms with E-state index in [-0.39, 0.29) is 18.1 Å². The van der Waals surface area contributed by atoms with Crippen LogP contribution in [0.2, 0.25) is 0 Å². The minimum atomic E-state index is -0.355. The highest BCUT2D eigenvalue weighted by Crippen LogP contribution is 2.24. The lowest BCUT2D eigenvalue weighted by Crippen LogP contribution is -2.43. The first-order chi connectivity index (χ1) is 13.1. The fourth-order valence-corrected chi connectivity index (χ4v) is 3.73. The normalized spacial score (nSPS) is 16.3. The van der Waals surface area contributed by atoms with Crippen LogP contribution < -0.4 is 5.32 Å². The van der Waals surface area contributed by atoms with E-state index in [4.69, 9.17) is 0 Å². The standard InChI is InChI=1S/C21H30N4O2/c1-3-11-25-20(14-16(2)23-25)22-21(27)24-12-9-18(10-13-24)19(26)15-17-7-5-4-6-8-17/h4-8,14,18-19,26H,3,9-13,15H2,1-2H3,(H,22,27)/t19-/m1/s1. The van der Waals surface area contributed by atoms with E-state index in [1.807, 2.05) is 52.9 Å². The molecule has 6 heteroatoms. The van der Waals surface area contributed by atoms with Crippen molar-refractivity contribution in [3.63, 3.8) is 0 Å².